The van der Waals surface area contributed by atoms with E-state index in [0.717, 1.165) is 30.3 Å². The van der Waals surface area contributed by atoms with E-state index < -0.39 is 0 Å². The molecule has 1 aliphatic heterocycles. The summed E-state index contributed by atoms with van der Waals surface area (Å²) in [5, 5.41) is 0. The Morgan fingerprint density at radius 1 is 1.11 bits per heavy atom. The Morgan fingerprint density at radius 2 is 1.68 bits per heavy atom. The summed E-state index contributed by atoms with van der Waals surface area (Å²) in [6, 6.07) is 0.447. The molecule has 106 valence electrons. The van der Waals surface area contributed by atoms with Gasteiger partial charge >= 0.3 is 0 Å². The van der Waals surface area contributed by atoms with Gasteiger partial charge in [0.25, 0.3) is 0 Å². The predicted molar refractivity (Wildman–Crippen MR) is 85.4 cm³/mol. The van der Waals surface area contributed by atoms with Gasteiger partial charge in [0.05, 0.1) is 19.5 Å². The predicted octanol–water partition coefficient (Wildman–Crippen LogP) is 4.11. The molecule has 0 aliphatic carbocycles. The van der Waals surface area contributed by atoms with E-state index in [2.05, 4.69) is 26.7 Å². The summed E-state index contributed by atoms with van der Waals surface area (Å²) < 4.78 is 1.06. The molecule has 1 aliphatic rings. The van der Waals surface area contributed by atoms with Crippen LogP contribution in [-0.4, -0.2) is 36.0 Å². The molecule has 1 heterocycles. The van der Waals surface area contributed by atoms with E-state index in [1.54, 1.807) is 0 Å². The highest BCUT2D eigenvalue weighted by molar-refractivity contribution is 5.78. The van der Waals surface area contributed by atoms with Crippen molar-refractivity contribution in [3.05, 3.63) is 38.0 Å². The van der Waals surface area contributed by atoms with Crippen LogP contribution in [0, 0.1) is 0 Å². The highest BCUT2D eigenvalue weighted by atomic mass is 15.4. The smallest absolute Gasteiger partial charge is 0.202 e. The summed E-state index contributed by atoms with van der Waals surface area (Å²) in [5.41, 5.74) is 0. The minimum Gasteiger partial charge on any atom is -0.277 e. The lowest BCUT2D eigenvalue weighted by Gasteiger charge is -2.35. The van der Waals surface area contributed by atoms with Crippen LogP contribution in [0.4, 0.5) is 0 Å². The van der Waals surface area contributed by atoms with Crippen LogP contribution in [0.25, 0.3) is 0 Å². The van der Waals surface area contributed by atoms with E-state index in [0.29, 0.717) is 6.04 Å². The normalized spacial score (nSPS) is 20.9. The van der Waals surface area contributed by atoms with E-state index in [4.69, 9.17) is 4.99 Å². The summed E-state index contributed by atoms with van der Waals surface area (Å²) in [6.45, 7) is 17.3. The number of rotatable bonds is 10. The maximum atomic E-state index is 4.86. The van der Waals surface area contributed by atoms with Crippen molar-refractivity contribution in [2.24, 2.45) is 4.99 Å². The molecule has 19 heavy (non-hydrogen) atoms. The van der Waals surface area contributed by atoms with Gasteiger partial charge in [-0.15, -0.1) is 19.7 Å². The number of hydrogen-bond acceptors (Lipinski definition) is 1. The van der Waals surface area contributed by atoms with Crippen molar-refractivity contribution in [1.29, 1.82) is 0 Å². The molecular formula is C17H29N2+. The van der Waals surface area contributed by atoms with Crippen molar-refractivity contribution in [2.45, 2.75) is 45.1 Å². The van der Waals surface area contributed by atoms with Crippen molar-refractivity contribution >= 4 is 5.84 Å². The Hall–Kier alpha value is -1.15. The minimum atomic E-state index is 0.447. The largest absolute Gasteiger partial charge is 0.277 e. The molecule has 0 saturated heterocycles. The highest BCUT2D eigenvalue weighted by Gasteiger charge is 2.39. The monoisotopic (exact) mass is 261 g/mol. The molecule has 0 saturated carbocycles. The number of allylic oxidation sites excluding steroid dienone is 2. The number of hydrogen-bond donors (Lipinski definition) is 0. The van der Waals surface area contributed by atoms with Gasteiger partial charge < -0.3 is 0 Å². The molecule has 0 fully saturated rings. The van der Waals surface area contributed by atoms with Crippen LogP contribution in [0.2, 0.25) is 0 Å². The van der Waals surface area contributed by atoms with Gasteiger partial charge in [-0.1, -0.05) is 18.2 Å². The van der Waals surface area contributed by atoms with Gasteiger partial charge in [0.2, 0.25) is 5.84 Å². The van der Waals surface area contributed by atoms with Gasteiger partial charge in [-0.2, -0.15) is 0 Å². The highest BCUT2D eigenvalue weighted by Crippen LogP contribution is 2.24. The van der Waals surface area contributed by atoms with Crippen LogP contribution >= 0.6 is 0 Å². The molecule has 0 radical (unpaired) electrons. The van der Waals surface area contributed by atoms with Crippen LogP contribution in [0.15, 0.2) is 43.0 Å². The van der Waals surface area contributed by atoms with Crippen molar-refractivity contribution in [2.75, 3.05) is 19.6 Å². The Labute approximate surface area is 118 Å². The van der Waals surface area contributed by atoms with Gasteiger partial charge in [0.15, 0.2) is 0 Å². The fourth-order valence-corrected chi connectivity index (χ4v) is 3.03. The molecule has 2 heteroatoms. The molecule has 0 aromatic carbocycles. The van der Waals surface area contributed by atoms with Crippen molar-refractivity contribution in [3.8, 4) is 0 Å². The second kappa shape index (κ2) is 8.11. The maximum absolute atomic E-state index is 4.86. The van der Waals surface area contributed by atoms with E-state index in [1.165, 1.54) is 31.8 Å². The first-order valence-electron chi connectivity index (χ1n) is 7.44. The molecule has 1 rings (SSSR count). The fourth-order valence-electron chi connectivity index (χ4n) is 3.03. The molecule has 1 atom stereocenters. The molecule has 0 aromatic rings. The molecule has 0 N–H and O–H groups in total. The lowest BCUT2D eigenvalue weighted by molar-refractivity contribution is -0.838. The summed E-state index contributed by atoms with van der Waals surface area (Å²) in [4.78, 5) is 4.86. The van der Waals surface area contributed by atoms with E-state index >= 15 is 0 Å². The molecule has 2 nitrogen and oxygen atoms in total. The zero-order valence-corrected chi connectivity index (χ0v) is 12.5. The number of nitrogens with zero attached hydrogens (tertiary/aromatic N) is 2. The number of unbranched alkanes of at least 4 members (excludes halogenated alkanes) is 2. The lowest BCUT2D eigenvalue weighted by atomic mass is 10.1. The Bertz CT molecular complexity index is 327. The second-order valence-corrected chi connectivity index (χ2v) is 5.52. The molecule has 0 spiro atoms. The quantitative estimate of drug-likeness (QED) is 0.319. The van der Waals surface area contributed by atoms with Crippen LogP contribution in [0.1, 0.15) is 39.0 Å². The van der Waals surface area contributed by atoms with Crippen LogP contribution < -0.4 is 0 Å². The third-order valence-corrected chi connectivity index (χ3v) is 3.85. The van der Waals surface area contributed by atoms with Crippen LogP contribution in [-0.2, 0) is 0 Å². The standard InChI is InChI=1S/C17H29N2/c1-5-8-10-13-19(14-11-9-6-2)15-16(4)18-17(19)12-7-3/h5-7,16H,1-3,8-15H2,4H3/q+1. The first-order valence-corrected chi connectivity index (χ1v) is 7.44. The molecule has 0 amide bonds. The van der Waals surface area contributed by atoms with E-state index in [-0.39, 0.29) is 0 Å². The number of amidine groups is 1. The maximum Gasteiger partial charge on any atom is 0.202 e. The van der Waals surface area contributed by atoms with Gasteiger partial charge in [-0.05, 0) is 19.8 Å². The molecule has 0 bridgehead atoms. The summed E-state index contributed by atoms with van der Waals surface area (Å²) in [5.74, 6) is 1.33. The van der Waals surface area contributed by atoms with E-state index in [9.17, 15) is 0 Å². The first kappa shape index (κ1) is 15.9. The van der Waals surface area contributed by atoms with Gasteiger partial charge in [0, 0.05) is 12.8 Å². The lowest BCUT2D eigenvalue weighted by Crippen LogP contribution is -2.52. The number of quaternary nitrogens is 1. The zero-order chi connectivity index (χ0) is 14.1. The summed E-state index contributed by atoms with van der Waals surface area (Å²) >= 11 is 0. The topological polar surface area (TPSA) is 12.4 Å². The first-order chi connectivity index (χ1) is 9.18. The number of aliphatic imine (C=N–C) groups is 1. The van der Waals surface area contributed by atoms with Crippen LogP contribution in [0.3, 0.4) is 0 Å². The van der Waals surface area contributed by atoms with E-state index in [1.807, 2.05) is 18.2 Å². The fraction of sp³-hybridized carbons (Fsp3) is 0.588. The average Bonchev–Trinajstić information content (AvgIpc) is 2.67. The molecule has 1 unspecified atom stereocenters. The van der Waals surface area contributed by atoms with Crippen molar-refractivity contribution < 1.29 is 4.48 Å². The average molecular weight is 261 g/mol. The summed E-state index contributed by atoms with van der Waals surface area (Å²) in [6.07, 6.45) is 11.5. The Balaban J connectivity index is 2.77. The molecular weight excluding hydrogens is 232 g/mol. The van der Waals surface area contributed by atoms with Crippen LogP contribution in [0.5, 0.6) is 0 Å². The Kier molecular flexibility index (Phi) is 6.79. The van der Waals surface area contributed by atoms with Gasteiger partial charge in [-0.25, -0.2) is 4.99 Å². The zero-order valence-electron chi connectivity index (χ0n) is 12.5. The van der Waals surface area contributed by atoms with Gasteiger partial charge in [0.1, 0.15) is 12.6 Å². The third kappa shape index (κ3) is 4.46. The second-order valence-electron chi connectivity index (χ2n) is 5.52. The SMILES string of the molecule is C=CCCC[N+]1(CCCC=C)CC(C)N=C1CC=C. The van der Waals surface area contributed by atoms with Crippen molar-refractivity contribution in [3.63, 3.8) is 0 Å². The third-order valence-electron chi connectivity index (χ3n) is 3.85. The summed E-state index contributed by atoms with van der Waals surface area (Å²) in [7, 11) is 0. The Morgan fingerprint density at radius 3 is 2.16 bits per heavy atom. The van der Waals surface area contributed by atoms with Gasteiger partial charge in [-0.3, -0.25) is 4.48 Å². The minimum absolute atomic E-state index is 0.447. The molecule has 0 aromatic heterocycles. The van der Waals surface area contributed by atoms with Crippen molar-refractivity contribution in [1.82, 2.24) is 0 Å².